The number of aromatic hydroxyl groups is 1. The van der Waals surface area contributed by atoms with E-state index in [1.807, 2.05) is 31.2 Å². The molecule has 18 heavy (non-hydrogen) atoms. The number of phenols is 1. The van der Waals surface area contributed by atoms with Crippen LogP contribution in [-0.2, 0) is 0 Å². The first kappa shape index (κ1) is 11.1. The molecule has 0 aliphatic rings. The van der Waals surface area contributed by atoms with Crippen LogP contribution >= 0.6 is 11.6 Å². The van der Waals surface area contributed by atoms with E-state index in [0.717, 1.165) is 22.2 Å². The lowest BCUT2D eigenvalue weighted by molar-refractivity contribution is 0.471. The van der Waals surface area contributed by atoms with Gasteiger partial charge in [-0.3, -0.25) is 0 Å². The van der Waals surface area contributed by atoms with E-state index >= 15 is 0 Å². The fourth-order valence-corrected chi connectivity index (χ4v) is 2.11. The Balaban J connectivity index is 2.19. The molecule has 0 unspecified atom stereocenters. The minimum Gasteiger partial charge on any atom is -0.508 e. The van der Waals surface area contributed by atoms with Crippen molar-refractivity contribution < 1.29 is 5.11 Å². The number of aryl methyl sites for hydroxylation is 1. The van der Waals surface area contributed by atoms with Crippen LogP contribution < -0.4 is 0 Å². The van der Waals surface area contributed by atoms with Gasteiger partial charge in [-0.2, -0.15) is 0 Å². The number of H-pyrrole nitrogens is 1. The summed E-state index contributed by atoms with van der Waals surface area (Å²) in [6.07, 6.45) is 0. The number of para-hydroxylation sites is 1. The highest BCUT2D eigenvalue weighted by atomic mass is 35.5. The van der Waals surface area contributed by atoms with Crippen molar-refractivity contribution in [2.75, 3.05) is 0 Å². The second kappa shape index (κ2) is 4.03. The van der Waals surface area contributed by atoms with Crippen molar-refractivity contribution in [1.82, 2.24) is 9.97 Å². The first-order valence-electron chi connectivity index (χ1n) is 5.59. The fourth-order valence-electron chi connectivity index (χ4n) is 1.89. The number of fused-ring (bicyclic) bond motifs is 1. The number of nitrogens with one attached hydrogen (secondary N) is 1. The Labute approximate surface area is 109 Å². The molecule has 0 atom stereocenters. The average Bonchev–Trinajstić information content (AvgIpc) is 2.78. The average molecular weight is 259 g/mol. The summed E-state index contributed by atoms with van der Waals surface area (Å²) in [7, 11) is 0. The van der Waals surface area contributed by atoms with E-state index in [4.69, 9.17) is 11.6 Å². The lowest BCUT2D eigenvalue weighted by Gasteiger charge is -2.00. The van der Waals surface area contributed by atoms with Gasteiger partial charge in [-0.25, -0.2) is 4.98 Å². The Morgan fingerprint density at radius 2 is 2.06 bits per heavy atom. The fraction of sp³-hybridized carbons (Fsp3) is 0.0714. The molecule has 0 radical (unpaired) electrons. The van der Waals surface area contributed by atoms with Gasteiger partial charge in [-0.05, 0) is 30.7 Å². The lowest BCUT2D eigenvalue weighted by atomic mass is 10.1. The normalized spacial score (nSPS) is 11.0. The largest absolute Gasteiger partial charge is 0.508 e. The lowest BCUT2D eigenvalue weighted by Crippen LogP contribution is -1.81. The van der Waals surface area contributed by atoms with Gasteiger partial charge in [-0.1, -0.05) is 29.8 Å². The molecule has 0 amide bonds. The number of hydrogen-bond acceptors (Lipinski definition) is 2. The highest BCUT2D eigenvalue weighted by Gasteiger charge is 2.08. The zero-order chi connectivity index (χ0) is 12.7. The van der Waals surface area contributed by atoms with Crippen molar-refractivity contribution >= 4 is 22.6 Å². The molecular formula is C14H11ClN2O. The van der Waals surface area contributed by atoms with Crippen LogP contribution in [0.2, 0.25) is 5.02 Å². The molecule has 0 aliphatic heterocycles. The van der Waals surface area contributed by atoms with Crippen molar-refractivity contribution in [3.05, 3.63) is 47.0 Å². The van der Waals surface area contributed by atoms with Crippen molar-refractivity contribution in [3.8, 4) is 17.1 Å². The molecule has 0 saturated heterocycles. The van der Waals surface area contributed by atoms with Crippen LogP contribution in [-0.4, -0.2) is 15.1 Å². The van der Waals surface area contributed by atoms with E-state index in [-0.39, 0.29) is 5.75 Å². The first-order valence-corrected chi connectivity index (χ1v) is 5.97. The van der Waals surface area contributed by atoms with E-state index in [1.54, 1.807) is 12.1 Å². The van der Waals surface area contributed by atoms with Gasteiger partial charge < -0.3 is 10.1 Å². The Kier molecular flexibility index (Phi) is 2.49. The summed E-state index contributed by atoms with van der Waals surface area (Å²) < 4.78 is 0. The summed E-state index contributed by atoms with van der Waals surface area (Å²) in [4.78, 5) is 7.65. The van der Waals surface area contributed by atoms with Crippen molar-refractivity contribution in [1.29, 1.82) is 0 Å². The van der Waals surface area contributed by atoms with E-state index < -0.39 is 0 Å². The molecule has 3 nitrogen and oxygen atoms in total. The molecule has 3 aromatic rings. The van der Waals surface area contributed by atoms with E-state index in [9.17, 15) is 5.11 Å². The molecule has 2 N–H and O–H groups in total. The predicted molar refractivity (Wildman–Crippen MR) is 72.9 cm³/mol. The first-order chi connectivity index (χ1) is 8.65. The Hall–Kier alpha value is -2.00. The Morgan fingerprint density at radius 1 is 1.22 bits per heavy atom. The molecular weight excluding hydrogens is 248 g/mol. The predicted octanol–water partition coefficient (Wildman–Crippen LogP) is 3.90. The molecule has 4 heteroatoms. The maximum atomic E-state index is 9.72. The SMILES string of the molecule is Cc1ccc(-c2nc3c(Cl)cccc3[nH]2)cc1O. The topological polar surface area (TPSA) is 48.9 Å². The van der Waals surface area contributed by atoms with Crippen LogP contribution in [0, 0.1) is 6.92 Å². The zero-order valence-electron chi connectivity index (χ0n) is 9.74. The minimum absolute atomic E-state index is 0.263. The van der Waals surface area contributed by atoms with Crippen LogP contribution in [0.4, 0.5) is 0 Å². The van der Waals surface area contributed by atoms with Gasteiger partial charge in [0.05, 0.1) is 10.5 Å². The highest BCUT2D eigenvalue weighted by Crippen LogP contribution is 2.28. The number of aromatic amines is 1. The zero-order valence-corrected chi connectivity index (χ0v) is 10.5. The van der Waals surface area contributed by atoms with Crippen LogP contribution in [0.15, 0.2) is 36.4 Å². The summed E-state index contributed by atoms with van der Waals surface area (Å²) in [6.45, 7) is 1.86. The molecule has 0 spiro atoms. The molecule has 0 bridgehead atoms. The number of phenolic OH excluding ortho intramolecular Hbond substituents is 1. The maximum Gasteiger partial charge on any atom is 0.138 e. The molecule has 0 aliphatic carbocycles. The molecule has 1 heterocycles. The number of aromatic nitrogens is 2. The standard InChI is InChI=1S/C14H11ClN2O/c1-8-5-6-9(7-12(8)18)14-16-11-4-2-3-10(15)13(11)17-14/h2-7,18H,1H3,(H,16,17). The van der Waals surface area contributed by atoms with E-state index in [2.05, 4.69) is 9.97 Å². The van der Waals surface area contributed by atoms with Gasteiger partial charge in [0.1, 0.15) is 17.1 Å². The number of benzene rings is 2. The highest BCUT2D eigenvalue weighted by molar-refractivity contribution is 6.34. The number of hydrogen-bond donors (Lipinski definition) is 2. The Bertz CT molecular complexity index is 734. The van der Waals surface area contributed by atoms with Gasteiger partial charge in [0, 0.05) is 5.56 Å². The molecule has 0 saturated carbocycles. The van der Waals surface area contributed by atoms with Crippen LogP contribution in [0.25, 0.3) is 22.4 Å². The molecule has 90 valence electrons. The monoisotopic (exact) mass is 258 g/mol. The van der Waals surface area contributed by atoms with E-state index in [1.165, 1.54) is 0 Å². The second-order valence-corrected chi connectivity index (χ2v) is 4.63. The van der Waals surface area contributed by atoms with Gasteiger partial charge in [0.15, 0.2) is 0 Å². The van der Waals surface area contributed by atoms with Crippen molar-refractivity contribution in [2.45, 2.75) is 6.92 Å². The summed E-state index contributed by atoms with van der Waals surface area (Å²) in [6, 6.07) is 11.1. The molecule has 2 aromatic carbocycles. The summed E-state index contributed by atoms with van der Waals surface area (Å²) >= 11 is 6.08. The van der Waals surface area contributed by atoms with Crippen LogP contribution in [0.1, 0.15) is 5.56 Å². The quantitative estimate of drug-likeness (QED) is 0.695. The molecule has 1 aromatic heterocycles. The summed E-state index contributed by atoms with van der Waals surface area (Å²) in [5.41, 5.74) is 3.31. The smallest absolute Gasteiger partial charge is 0.138 e. The van der Waals surface area contributed by atoms with Crippen molar-refractivity contribution in [2.24, 2.45) is 0 Å². The molecule has 0 fully saturated rings. The molecule has 3 rings (SSSR count). The van der Waals surface area contributed by atoms with Crippen molar-refractivity contribution in [3.63, 3.8) is 0 Å². The van der Waals surface area contributed by atoms with Gasteiger partial charge in [-0.15, -0.1) is 0 Å². The number of halogens is 1. The Morgan fingerprint density at radius 3 is 2.78 bits per heavy atom. The number of imidazole rings is 1. The second-order valence-electron chi connectivity index (χ2n) is 4.22. The number of rotatable bonds is 1. The van der Waals surface area contributed by atoms with Crippen LogP contribution in [0.5, 0.6) is 5.75 Å². The summed E-state index contributed by atoms with van der Waals surface area (Å²) in [5.74, 6) is 0.965. The van der Waals surface area contributed by atoms with E-state index in [0.29, 0.717) is 10.8 Å². The van der Waals surface area contributed by atoms with Gasteiger partial charge >= 0.3 is 0 Å². The third-order valence-corrected chi connectivity index (χ3v) is 3.25. The summed E-state index contributed by atoms with van der Waals surface area (Å²) in [5, 5.41) is 10.3. The third kappa shape index (κ3) is 1.73. The van der Waals surface area contributed by atoms with Gasteiger partial charge in [0.2, 0.25) is 0 Å². The third-order valence-electron chi connectivity index (χ3n) is 2.95. The van der Waals surface area contributed by atoms with Gasteiger partial charge in [0.25, 0.3) is 0 Å². The number of nitrogens with zero attached hydrogens (tertiary/aromatic N) is 1. The van der Waals surface area contributed by atoms with Crippen LogP contribution in [0.3, 0.4) is 0 Å². The maximum absolute atomic E-state index is 9.72. The minimum atomic E-state index is 0.263.